The van der Waals surface area contributed by atoms with Crippen LogP contribution in [0.1, 0.15) is 16.7 Å². The molecule has 5 nitrogen and oxygen atoms in total. The number of amides is 1. The predicted octanol–water partition coefficient (Wildman–Crippen LogP) is 4.13. The van der Waals surface area contributed by atoms with Crippen molar-refractivity contribution in [3.63, 3.8) is 0 Å². The molecule has 0 atom stereocenters. The van der Waals surface area contributed by atoms with Crippen molar-refractivity contribution in [3.8, 4) is 17.2 Å². The number of carbonyl (C=O) groups excluding carboxylic acids is 1. The first-order valence-corrected chi connectivity index (χ1v) is 9.56. The van der Waals surface area contributed by atoms with Crippen molar-refractivity contribution in [2.45, 2.75) is 13.5 Å². The van der Waals surface area contributed by atoms with Gasteiger partial charge in [-0.25, -0.2) is 0 Å². The number of thiocarbonyl (C=S) groups is 1. The van der Waals surface area contributed by atoms with Crippen LogP contribution in [0, 0.1) is 6.92 Å². The third-order valence-corrected chi connectivity index (χ3v) is 5.72. The molecule has 2 aromatic carbocycles. The maximum Gasteiger partial charge on any atom is 0.266 e. The van der Waals surface area contributed by atoms with E-state index in [1.807, 2.05) is 37.3 Å². The van der Waals surface area contributed by atoms with Gasteiger partial charge in [0.25, 0.3) is 5.91 Å². The SMILES string of the molecule is COc1cc2c(cc1/C=C1\SC(=S)N(Cc3ccc(C)cc3)C1=O)OCO2. The summed E-state index contributed by atoms with van der Waals surface area (Å²) in [5, 5.41) is 0. The minimum Gasteiger partial charge on any atom is -0.496 e. The highest BCUT2D eigenvalue weighted by molar-refractivity contribution is 8.26. The van der Waals surface area contributed by atoms with E-state index in [4.69, 9.17) is 26.4 Å². The average Bonchev–Trinajstić information content (AvgIpc) is 3.22. The first-order chi connectivity index (χ1) is 13.0. The molecule has 2 aromatic rings. The summed E-state index contributed by atoms with van der Waals surface area (Å²) in [6.07, 6.45) is 1.79. The lowest BCUT2D eigenvalue weighted by Gasteiger charge is -2.14. The molecule has 0 bridgehead atoms. The zero-order valence-electron chi connectivity index (χ0n) is 14.9. The van der Waals surface area contributed by atoms with Gasteiger partial charge in [-0.05, 0) is 24.6 Å². The van der Waals surface area contributed by atoms with Crippen LogP contribution in [-0.2, 0) is 11.3 Å². The van der Waals surface area contributed by atoms with Crippen molar-refractivity contribution < 1.29 is 19.0 Å². The van der Waals surface area contributed by atoms with Crippen molar-refractivity contribution in [1.82, 2.24) is 4.90 Å². The molecule has 2 heterocycles. The highest BCUT2D eigenvalue weighted by Gasteiger charge is 2.32. The maximum atomic E-state index is 12.9. The van der Waals surface area contributed by atoms with Gasteiger partial charge >= 0.3 is 0 Å². The van der Waals surface area contributed by atoms with Crippen LogP contribution in [0.3, 0.4) is 0 Å². The van der Waals surface area contributed by atoms with E-state index in [1.54, 1.807) is 24.2 Å². The number of ether oxygens (including phenoxy) is 3. The van der Waals surface area contributed by atoms with Crippen molar-refractivity contribution in [2.75, 3.05) is 13.9 Å². The molecule has 138 valence electrons. The second kappa shape index (κ2) is 7.25. The summed E-state index contributed by atoms with van der Waals surface area (Å²) < 4.78 is 16.8. The highest BCUT2D eigenvalue weighted by atomic mass is 32.2. The Morgan fingerprint density at radius 2 is 1.93 bits per heavy atom. The van der Waals surface area contributed by atoms with Crippen molar-refractivity contribution in [2.24, 2.45) is 0 Å². The van der Waals surface area contributed by atoms with Crippen LogP contribution in [-0.4, -0.2) is 29.0 Å². The van der Waals surface area contributed by atoms with E-state index in [9.17, 15) is 4.79 Å². The van der Waals surface area contributed by atoms with Gasteiger partial charge in [-0.3, -0.25) is 9.69 Å². The number of aryl methyl sites for hydroxylation is 1. The Hall–Kier alpha value is -2.51. The number of methoxy groups -OCH3 is 1. The normalized spacial score (nSPS) is 17.1. The van der Waals surface area contributed by atoms with Gasteiger partial charge < -0.3 is 14.2 Å². The number of rotatable bonds is 4. The zero-order chi connectivity index (χ0) is 19.0. The van der Waals surface area contributed by atoms with Gasteiger partial charge in [-0.15, -0.1) is 0 Å². The Morgan fingerprint density at radius 3 is 2.63 bits per heavy atom. The summed E-state index contributed by atoms with van der Waals surface area (Å²) in [6, 6.07) is 11.7. The quantitative estimate of drug-likeness (QED) is 0.569. The van der Waals surface area contributed by atoms with Crippen LogP contribution in [0.4, 0.5) is 0 Å². The fourth-order valence-electron chi connectivity index (χ4n) is 2.88. The zero-order valence-corrected chi connectivity index (χ0v) is 16.5. The first kappa shape index (κ1) is 17.9. The Morgan fingerprint density at radius 1 is 1.22 bits per heavy atom. The van der Waals surface area contributed by atoms with E-state index in [0.29, 0.717) is 33.0 Å². The molecular weight excluding hydrogens is 382 g/mol. The van der Waals surface area contributed by atoms with E-state index in [-0.39, 0.29) is 12.7 Å². The molecule has 0 unspecified atom stereocenters. The average molecular weight is 399 g/mol. The molecule has 0 radical (unpaired) electrons. The second-order valence-corrected chi connectivity index (χ2v) is 7.88. The lowest BCUT2D eigenvalue weighted by molar-refractivity contribution is -0.122. The predicted molar refractivity (Wildman–Crippen MR) is 109 cm³/mol. The monoisotopic (exact) mass is 399 g/mol. The van der Waals surface area contributed by atoms with Gasteiger partial charge in [0.15, 0.2) is 11.5 Å². The number of fused-ring (bicyclic) bond motifs is 1. The molecular formula is C20H17NO4S2. The summed E-state index contributed by atoms with van der Waals surface area (Å²) in [7, 11) is 1.58. The fraction of sp³-hybridized carbons (Fsp3) is 0.200. The molecule has 0 spiro atoms. The van der Waals surface area contributed by atoms with Crippen LogP contribution < -0.4 is 14.2 Å². The van der Waals surface area contributed by atoms with Crippen LogP contribution in [0.2, 0.25) is 0 Å². The van der Waals surface area contributed by atoms with E-state index in [1.165, 1.54) is 17.3 Å². The number of carbonyl (C=O) groups is 1. The van der Waals surface area contributed by atoms with Crippen LogP contribution >= 0.6 is 24.0 Å². The molecule has 7 heteroatoms. The minimum absolute atomic E-state index is 0.106. The smallest absolute Gasteiger partial charge is 0.266 e. The Labute approximate surface area is 166 Å². The lowest BCUT2D eigenvalue weighted by Crippen LogP contribution is -2.27. The van der Waals surface area contributed by atoms with Crippen molar-refractivity contribution in [1.29, 1.82) is 0 Å². The molecule has 0 saturated carbocycles. The van der Waals surface area contributed by atoms with Gasteiger partial charge in [0.1, 0.15) is 10.1 Å². The number of nitrogens with zero attached hydrogens (tertiary/aromatic N) is 1. The first-order valence-electron chi connectivity index (χ1n) is 8.33. The van der Waals surface area contributed by atoms with Crippen LogP contribution in [0.25, 0.3) is 6.08 Å². The number of hydrogen-bond donors (Lipinski definition) is 0. The van der Waals surface area contributed by atoms with Gasteiger partial charge in [-0.1, -0.05) is 53.8 Å². The van der Waals surface area contributed by atoms with E-state index < -0.39 is 0 Å². The summed E-state index contributed by atoms with van der Waals surface area (Å²) in [5.74, 6) is 1.78. The third kappa shape index (κ3) is 3.52. The molecule has 27 heavy (non-hydrogen) atoms. The molecule has 0 N–H and O–H groups in total. The highest BCUT2D eigenvalue weighted by Crippen LogP contribution is 2.41. The number of hydrogen-bond acceptors (Lipinski definition) is 6. The molecule has 0 aliphatic carbocycles. The van der Waals surface area contributed by atoms with Crippen molar-refractivity contribution in [3.05, 3.63) is 58.0 Å². The summed E-state index contributed by atoms with van der Waals surface area (Å²) in [4.78, 5) is 15.1. The molecule has 2 aliphatic heterocycles. The Bertz CT molecular complexity index is 953. The van der Waals surface area contributed by atoms with E-state index in [2.05, 4.69) is 0 Å². The van der Waals surface area contributed by atoms with E-state index in [0.717, 1.165) is 11.1 Å². The molecule has 2 aliphatic rings. The molecule has 0 aromatic heterocycles. The Kier molecular flexibility index (Phi) is 4.80. The molecule has 1 amide bonds. The topological polar surface area (TPSA) is 48.0 Å². The maximum absolute atomic E-state index is 12.9. The molecule has 1 saturated heterocycles. The summed E-state index contributed by atoms with van der Waals surface area (Å²) in [6.45, 7) is 2.67. The standard InChI is InChI=1S/C20H17NO4S2/c1-12-3-5-13(6-4-12)10-21-19(22)18(27-20(21)26)8-14-7-16-17(25-11-24-16)9-15(14)23-2/h3-9H,10-11H2,1-2H3/b18-8-. The van der Waals surface area contributed by atoms with E-state index >= 15 is 0 Å². The summed E-state index contributed by atoms with van der Waals surface area (Å²) >= 11 is 6.72. The van der Waals surface area contributed by atoms with Crippen LogP contribution in [0.5, 0.6) is 17.2 Å². The lowest BCUT2D eigenvalue weighted by atomic mass is 10.1. The Balaban J connectivity index is 1.61. The second-order valence-electron chi connectivity index (χ2n) is 6.20. The van der Waals surface area contributed by atoms with Crippen LogP contribution in [0.15, 0.2) is 41.3 Å². The minimum atomic E-state index is -0.106. The molecule has 4 rings (SSSR count). The van der Waals surface area contributed by atoms with Gasteiger partial charge in [0, 0.05) is 11.6 Å². The van der Waals surface area contributed by atoms with Gasteiger partial charge in [0.05, 0.1) is 18.6 Å². The number of thioether (sulfide) groups is 1. The van der Waals surface area contributed by atoms with Crippen molar-refractivity contribution >= 4 is 40.3 Å². The molecule has 1 fully saturated rings. The summed E-state index contributed by atoms with van der Waals surface area (Å²) in [5.41, 5.74) is 2.97. The third-order valence-electron chi connectivity index (χ3n) is 4.35. The number of benzene rings is 2. The fourth-order valence-corrected chi connectivity index (χ4v) is 4.13. The van der Waals surface area contributed by atoms with Gasteiger partial charge in [0.2, 0.25) is 6.79 Å². The van der Waals surface area contributed by atoms with Gasteiger partial charge in [-0.2, -0.15) is 0 Å². The largest absolute Gasteiger partial charge is 0.496 e.